The molecule has 27 heavy (non-hydrogen) atoms. The van der Waals surface area contributed by atoms with Crippen LogP contribution in [0.4, 0.5) is 5.69 Å². The Morgan fingerprint density at radius 1 is 0.963 bits per heavy atom. The van der Waals surface area contributed by atoms with Crippen molar-refractivity contribution in [2.75, 3.05) is 12.4 Å². The molecule has 0 aliphatic rings. The molecule has 0 aliphatic heterocycles. The number of nitrogen functional groups attached to an aromatic ring is 1. The summed E-state index contributed by atoms with van der Waals surface area (Å²) in [6, 6.07) is 18.3. The molecule has 0 saturated heterocycles. The van der Waals surface area contributed by atoms with Crippen molar-refractivity contribution in [3.63, 3.8) is 0 Å². The Morgan fingerprint density at radius 3 is 2.30 bits per heavy atom. The van der Waals surface area contributed by atoms with E-state index in [-0.39, 0.29) is 17.7 Å². The number of benzene rings is 3. The predicted molar refractivity (Wildman–Crippen MR) is 106 cm³/mol. The summed E-state index contributed by atoms with van der Waals surface area (Å²) in [5.41, 5.74) is 4.03. The van der Waals surface area contributed by atoms with E-state index in [1.54, 1.807) is 31.4 Å². The molecule has 6 heteroatoms. The van der Waals surface area contributed by atoms with Crippen LogP contribution in [0.3, 0.4) is 0 Å². The normalized spacial score (nSPS) is 11.7. The molecule has 2 amide bonds. The van der Waals surface area contributed by atoms with Crippen molar-refractivity contribution >= 4 is 28.3 Å². The molecule has 0 heterocycles. The van der Waals surface area contributed by atoms with Gasteiger partial charge in [0.2, 0.25) is 5.91 Å². The topological polar surface area (TPSA) is 93.4 Å². The second-order valence-corrected chi connectivity index (χ2v) is 6.23. The molecule has 6 nitrogen and oxygen atoms in total. The van der Waals surface area contributed by atoms with Crippen LogP contribution in [0.5, 0.6) is 5.75 Å². The molecule has 0 aliphatic carbocycles. The highest BCUT2D eigenvalue weighted by atomic mass is 16.5. The van der Waals surface area contributed by atoms with Crippen molar-refractivity contribution in [1.29, 1.82) is 0 Å². The fraction of sp³-hybridized carbons (Fsp3) is 0.143. The third-order valence-corrected chi connectivity index (χ3v) is 4.51. The number of carbonyl (C=O) groups excluding carboxylic acids is 2. The number of hydrogen-bond acceptors (Lipinski definition) is 4. The molecule has 1 unspecified atom stereocenters. The number of hydrazine groups is 1. The second kappa shape index (κ2) is 7.88. The number of nitrogens with two attached hydrogens (primary N) is 1. The van der Waals surface area contributed by atoms with Gasteiger partial charge < -0.3 is 10.1 Å². The highest BCUT2D eigenvalue weighted by Crippen LogP contribution is 2.26. The summed E-state index contributed by atoms with van der Waals surface area (Å²) >= 11 is 0. The largest absolute Gasteiger partial charge is 0.497 e. The lowest BCUT2D eigenvalue weighted by Gasteiger charge is -2.14. The van der Waals surface area contributed by atoms with Crippen LogP contribution in [-0.2, 0) is 4.79 Å². The van der Waals surface area contributed by atoms with Gasteiger partial charge in [0.15, 0.2) is 0 Å². The Labute approximate surface area is 157 Å². The first-order valence-corrected chi connectivity index (χ1v) is 8.51. The van der Waals surface area contributed by atoms with Crippen molar-refractivity contribution in [1.82, 2.24) is 5.43 Å². The maximum atomic E-state index is 12.6. The number of nitrogens with one attached hydrogen (secondary N) is 2. The van der Waals surface area contributed by atoms with Crippen LogP contribution in [-0.4, -0.2) is 18.9 Å². The first-order chi connectivity index (χ1) is 13.0. The summed E-state index contributed by atoms with van der Waals surface area (Å²) in [7, 11) is 1.64. The van der Waals surface area contributed by atoms with E-state index in [0.717, 1.165) is 22.1 Å². The Kier molecular flexibility index (Phi) is 5.38. The first-order valence-electron chi connectivity index (χ1n) is 8.51. The highest BCUT2D eigenvalue weighted by Gasteiger charge is 2.16. The molecular formula is C21H21N3O3. The summed E-state index contributed by atoms with van der Waals surface area (Å²) in [6.07, 6.45) is 0. The van der Waals surface area contributed by atoms with E-state index < -0.39 is 0 Å². The van der Waals surface area contributed by atoms with Gasteiger partial charge in [0.05, 0.1) is 13.0 Å². The second-order valence-electron chi connectivity index (χ2n) is 6.23. The fourth-order valence-electron chi connectivity index (χ4n) is 2.83. The maximum absolute atomic E-state index is 12.6. The number of anilines is 1. The number of ether oxygens (including phenoxy) is 1. The van der Waals surface area contributed by atoms with Crippen molar-refractivity contribution in [3.8, 4) is 5.75 Å². The van der Waals surface area contributed by atoms with Crippen LogP contribution in [0.1, 0.15) is 28.8 Å². The molecule has 0 radical (unpaired) electrons. The van der Waals surface area contributed by atoms with E-state index in [1.165, 1.54) is 0 Å². The number of carbonyl (C=O) groups is 2. The molecule has 3 aromatic carbocycles. The van der Waals surface area contributed by atoms with Gasteiger partial charge in [-0.25, -0.2) is 5.84 Å². The molecule has 0 aromatic heterocycles. The minimum absolute atomic E-state index is 0.126. The smallest absolute Gasteiger partial charge is 0.265 e. The first kappa shape index (κ1) is 18.4. The number of hydrogen-bond donors (Lipinski definition) is 3. The molecule has 0 fully saturated rings. The van der Waals surface area contributed by atoms with Crippen molar-refractivity contribution in [3.05, 3.63) is 71.8 Å². The summed E-state index contributed by atoms with van der Waals surface area (Å²) in [4.78, 5) is 24.1. The number of methoxy groups -OCH3 is 1. The molecule has 0 spiro atoms. The van der Waals surface area contributed by atoms with E-state index in [1.807, 2.05) is 43.3 Å². The Hall–Kier alpha value is -3.38. The zero-order chi connectivity index (χ0) is 19.4. The lowest BCUT2D eigenvalue weighted by Crippen LogP contribution is -2.29. The van der Waals surface area contributed by atoms with Crippen LogP contribution in [0.15, 0.2) is 60.7 Å². The molecule has 0 saturated carbocycles. The Bertz CT molecular complexity index is 984. The van der Waals surface area contributed by atoms with Gasteiger partial charge in [-0.15, -0.1) is 0 Å². The Balaban J connectivity index is 1.74. The van der Waals surface area contributed by atoms with Crippen molar-refractivity contribution in [2.45, 2.75) is 12.8 Å². The van der Waals surface area contributed by atoms with Gasteiger partial charge in [-0.1, -0.05) is 24.3 Å². The van der Waals surface area contributed by atoms with E-state index in [2.05, 4.69) is 10.7 Å². The third-order valence-electron chi connectivity index (χ3n) is 4.51. The van der Waals surface area contributed by atoms with Crippen LogP contribution < -0.4 is 21.3 Å². The standard InChI is InChI=1S/C21H21N3O3/c1-13(15-3-4-17-12-19(27-2)10-7-16(17)11-15)20(25)23-18-8-5-14(6-9-18)21(26)24-22/h3-13H,22H2,1-2H3,(H,23,25)(H,24,26). The zero-order valence-corrected chi connectivity index (χ0v) is 15.2. The molecule has 3 rings (SSSR count). The predicted octanol–water partition coefficient (Wildman–Crippen LogP) is 3.19. The minimum Gasteiger partial charge on any atom is -0.497 e. The average Bonchev–Trinajstić information content (AvgIpc) is 2.72. The van der Waals surface area contributed by atoms with E-state index in [0.29, 0.717) is 11.3 Å². The summed E-state index contributed by atoms with van der Waals surface area (Å²) < 4.78 is 5.24. The lowest BCUT2D eigenvalue weighted by molar-refractivity contribution is -0.117. The molecule has 1 atom stereocenters. The quantitative estimate of drug-likeness (QED) is 0.369. The van der Waals surface area contributed by atoms with E-state index in [4.69, 9.17) is 10.6 Å². The van der Waals surface area contributed by atoms with Crippen molar-refractivity contribution < 1.29 is 14.3 Å². The maximum Gasteiger partial charge on any atom is 0.265 e. The zero-order valence-electron chi connectivity index (χ0n) is 15.2. The van der Waals surface area contributed by atoms with Crippen LogP contribution >= 0.6 is 0 Å². The molecular weight excluding hydrogens is 342 g/mol. The molecule has 3 aromatic rings. The Morgan fingerprint density at radius 2 is 1.63 bits per heavy atom. The highest BCUT2D eigenvalue weighted by molar-refractivity contribution is 5.98. The van der Waals surface area contributed by atoms with Gasteiger partial charge in [-0.05, 0) is 59.7 Å². The number of amides is 2. The van der Waals surface area contributed by atoms with Crippen molar-refractivity contribution in [2.24, 2.45) is 5.84 Å². The monoisotopic (exact) mass is 363 g/mol. The van der Waals surface area contributed by atoms with E-state index in [9.17, 15) is 9.59 Å². The summed E-state index contributed by atoms with van der Waals surface area (Å²) in [6.45, 7) is 1.86. The number of fused-ring (bicyclic) bond motifs is 1. The molecule has 0 bridgehead atoms. The van der Waals surface area contributed by atoms with Crippen LogP contribution in [0.2, 0.25) is 0 Å². The van der Waals surface area contributed by atoms with E-state index >= 15 is 0 Å². The molecule has 138 valence electrons. The van der Waals surface area contributed by atoms with Gasteiger partial charge in [-0.3, -0.25) is 15.0 Å². The SMILES string of the molecule is COc1ccc2cc(C(C)C(=O)Nc3ccc(C(=O)NN)cc3)ccc2c1. The van der Waals surface area contributed by atoms with Gasteiger partial charge in [0.1, 0.15) is 5.75 Å². The van der Waals surface area contributed by atoms with Gasteiger partial charge in [-0.2, -0.15) is 0 Å². The lowest BCUT2D eigenvalue weighted by atomic mass is 9.97. The van der Waals surface area contributed by atoms with Gasteiger partial charge in [0.25, 0.3) is 5.91 Å². The van der Waals surface area contributed by atoms with Gasteiger partial charge in [0, 0.05) is 11.3 Å². The van der Waals surface area contributed by atoms with Gasteiger partial charge >= 0.3 is 0 Å². The fourth-order valence-corrected chi connectivity index (χ4v) is 2.83. The summed E-state index contributed by atoms with van der Waals surface area (Å²) in [5, 5.41) is 4.97. The average molecular weight is 363 g/mol. The summed E-state index contributed by atoms with van der Waals surface area (Å²) in [5.74, 6) is 5.07. The van der Waals surface area contributed by atoms with Crippen LogP contribution in [0, 0.1) is 0 Å². The third kappa shape index (κ3) is 4.07. The van der Waals surface area contributed by atoms with Crippen LogP contribution in [0.25, 0.3) is 10.8 Å². The minimum atomic E-state index is -0.381. The number of rotatable bonds is 5. The molecule has 4 N–H and O–H groups in total.